The lowest BCUT2D eigenvalue weighted by Gasteiger charge is -2.20. The number of nitrogens with one attached hydrogen (secondary N) is 1. The van der Waals surface area contributed by atoms with Gasteiger partial charge in [-0.15, -0.1) is 0 Å². The van der Waals surface area contributed by atoms with Crippen LogP contribution in [0.1, 0.15) is 38.3 Å². The van der Waals surface area contributed by atoms with Crippen molar-refractivity contribution in [3.8, 4) is 0 Å². The number of hydrogen-bond acceptors (Lipinski definition) is 1. The zero-order valence-corrected chi connectivity index (χ0v) is 10.4. The van der Waals surface area contributed by atoms with E-state index in [0.29, 0.717) is 6.04 Å². The smallest absolute Gasteiger partial charge is 0.0208 e. The molecule has 0 spiro atoms. The van der Waals surface area contributed by atoms with Crippen LogP contribution >= 0.6 is 0 Å². The van der Waals surface area contributed by atoms with Crippen molar-refractivity contribution < 1.29 is 0 Å². The maximum Gasteiger partial charge on any atom is 0.0208 e. The molecule has 0 amide bonds. The molecule has 2 atom stereocenters. The number of benzene rings is 1. The van der Waals surface area contributed by atoms with E-state index in [9.17, 15) is 0 Å². The summed E-state index contributed by atoms with van der Waals surface area (Å²) in [6.07, 6.45) is 1.24. The van der Waals surface area contributed by atoms with E-state index in [1.165, 1.54) is 17.5 Å². The van der Waals surface area contributed by atoms with Crippen LogP contribution in [0, 0.1) is 12.8 Å². The molecule has 0 saturated carbocycles. The Balaban J connectivity index is 2.43. The summed E-state index contributed by atoms with van der Waals surface area (Å²) in [5.74, 6) is 0.745. The van der Waals surface area contributed by atoms with Gasteiger partial charge >= 0.3 is 0 Å². The predicted molar refractivity (Wildman–Crippen MR) is 66.9 cm³/mol. The molecule has 15 heavy (non-hydrogen) atoms. The van der Waals surface area contributed by atoms with Gasteiger partial charge < -0.3 is 5.32 Å². The van der Waals surface area contributed by atoms with E-state index in [1.807, 2.05) is 0 Å². The third-order valence-corrected chi connectivity index (χ3v) is 3.21. The summed E-state index contributed by atoms with van der Waals surface area (Å²) in [5.41, 5.74) is 2.72. The molecule has 1 N–H and O–H groups in total. The van der Waals surface area contributed by atoms with Gasteiger partial charge in [-0.2, -0.15) is 0 Å². The Morgan fingerprint density at radius 2 is 2.00 bits per heavy atom. The molecule has 1 aromatic carbocycles. The molecule has 0 aliphatic carbocycles. The molecule has 0 bridgehead atoms. The van der Waals surface area contributed by atoms with Crippen LogP contribution in [0.4, 0.5) is 0 Å². The Morgan fingerprint density at radius 3 is 2.60 bits per heavy atom. The van der Waals surface area contributed by atoms with Crippen LogP contribution < -0.4 is 5.32 Å². The van der Waals surface area contributed by atoms with Crippen LogP contribution in [0.15, 0.2) is 24.3 Å². The molecule has 0 heterocycles. The van der Waals surface area contributed by atoms with Crippen molar-refractivity contribution in [2.45, 2.75) is 46.7 Å². The van der Waals surface area contributed by atoms with Crippen molar-refractivity contribution in [2.24, 2.45) is 5.92 Å². The Labute approximate surface area is 93.9 Å². The third kappa shape index (κ3) is 4.05. The van der Waals surface area contributed by atoms with Crippen LogP contribution in [0.2, 0.25) is 0 Å². The first-order chi connectivity index (χ1) is 7.13. The van der Waals surface area contributed by atoms with Gasteiger partial charge in [-0.3, -0.25) is 0 Å². The van der Waals surface area contributed by atoms with Crippen molar-refractivity contribution in [3.05, 3.63) is 35.4 Å². The molecular weight excluding hydrogens is 182 g/mol. The first-order valence-corrected chi connectivity index (χ1v) is 5.92. The molecule has 1 aromatic rings. The van der Waals surface area contributed by atoms with Crippen LogP contribution in [0.5, 0.6) is 0 Å². The normalized spacial score (nSPS) is 14.9. The average Bonchev–Trinajstić information content (AvgIpc) is 2.25. The highest BCUT2D eigenvalue weighted by molar-refractivity contribution is 5.21. The van der Waals surface area contributed by atoms with Crippen LogP contribution in [-0.4, -0.2) is 6.04 Å². The van der Waals surface area contributed by atoms with Gasteiger partial charge in [0.25, 0.3) is 0 Å². The highest BCUT2D eigenvalue weighted by Gasteiger charge is 2.08. The molecule has 0 aliphatic heterocycles. The topological polar surface area (TPSA) is 12.0 Å². The SMILES string of the molecule is CCC(C)C(C)NCc1cccc(C)c1. The minimum absolute atomic E-state index is 0.593. The van der Waals surface area contributed by atoms with Gasteiger partial charge in [-0.25, -0.2) is 0 Å². The second-order valence-corrected chi connectivity index (χ2v) is 4.54. The molecule has 1 rings (SSSR count). The molecule has 84 valence electrons. The number of rotatable bonds is 5. The Bertz CT molecular complexity index is 293. The van der Waals surface area contributed by atoms with E-state index in [4.69, 9.17) is 0 Å². The molecule has 0 saturated heterocycles. The van der Waals surface area contributed by atoms with Gasteiger partial charge in [0.15, 0.2) is 0 Å². The van der Waals surface area contributed by atoms with Crippen molar-refractivity contribution in [1.29, 1.82) is 0 Å². The molecule has 1 nitrogen and oxygen atoms in total. The molecule has 1 heteroatoms. The minimum Gasteiger partial charge on any atom is -0.310 e. The summed E-state index contributed by atoms with van der Waals surface area (Å²) in [4.78, 5) is 0. The fourth-order valence-corrected chi connectivity index (χ4v) is 1.66. The summed E-state index contributed by atoms with van der Waals surface area (Å²) in [5, 5.41) is 3.58. The van der Waals surface area contributed by atoms with Gasteiger partial charge in [-0.1, -0.05) is 50.1 Å². The monoisotopic (exact) mass is 205 g/mol. The second kappa shape index (κ2) is 5.92. The van der Waals surface area contributed by atoms with Gasteiger partial charge in [0.05, 0.1) is 0 Å². The third-order valence-electron chi connectivity index (χ3n) is 3.21. The van der Waals surface area contributed by atoms with Crippen molar-refractivity contribution in [3.63, 3.8) is 0 Å². The molecular formula is C14H23N. The molecule has 0 radical (unpaired) electrons. The van der Waals surface area contributed by atoms with Gasteiger partial charge in [0.2, 0.25) is 0 Å². The molecule has 0 aliphatic rings. The molecule has 2 unspecified atom stereocenters. The Hall–Kier alpha value is -0.820. The quantitative estimate of drug-likeness (QED) is 0.775. The Morgan fingerprint density at radius 1 is 1.27 bits per heavy atom. The fourth-order valence-electron chi connectivity index (χ4n) is 1.66. The van der Waals surface area contributed by atoms with Crippen molar-refractivity contribution in [1.82, 2.24) is 5.32 Å². The summed E-state index contributed by atoms with van der Waals surface area (Å²) < 4.78 is 0. The maximum absolute atomic E-state index is 3.58. The standard InChI is InChI=1S/C14H23N/c1-5-12(3)13(4)15-10-14-8-6-7-11(2)9-14/h6-9,12-13,15H,5,10H2,1-4H3. The van der Waals surface area contributed by atoms with E-state index < -0.39 is 0 Å². The highest BCUT2D eigenvalue weighted by atomic mass is 14.9. The van der Waals surface area contributed by atoms with Gasteiger partial charge in [0, 0.05) is 12.6 Å². The van der Waals surface area contributed by atoms with E-state index in [2.05, 4.69) is 57.3 Å². The van der Waals surface area contributed by atoms with Crippen LogP contribution in [0.25, 0.3) is 0 Å². The first-order valence-electron chi connectivity index (χ1n) is 5.92. The zero-order valence-electron chi connectivity index (χ0n) is 10.4. The second-order valence-electron chi connectivity index (χ2n) is 4.54. The minimum atomic E-state index is 0.593. The number of hydrogen-bond donors (Lipinski definition) is 1. The Kier molecular flexibility index (Phi) is 4.83. The lowest BCUT2D eigenvalue weighted by atomic mass is 10.0. The van der Waals surface area contributed by atoms with Crippen molar-refractivity contribution in [2.75, 3.05) is 0 Å². The lowest BCUT2D eigenvalue weighted by Crippen LogP contribution is -2.31. The molecule has 0 aromatic heterocycles. The predicted octanol–water partition coefficient (Wildman–Crippen LogP) is 3.52. The van der Waals surface area contributed by atoms with Gasteiger partial charge in [0.1, 0.15) is 0 Å². The van der Waals surface area contributed by atoms with E-state index in [1.54, 1.807) is 0 Å². The van der Waals surface area contributed by atoms with Crippen LogP contribution in [0.3, 0.4) is 0 Å². The summed E-state index contributed by atoms with van der Waals surface area (Å²) in [6.45, 7) is 9.93. The number of aryl methyl sites for hydroxylation is 1. The summed E-state index contributed by atoms with van der Waals surface area (Å²) >= 11 is 0. The van der Waals surface area contributed by atoms with E-state index in [-0.39, 0.29) is 0 Å². The summed E-state index contributed by atoms with van der Waals surface area (Å²) in [6, 6.07) is 9.29. The highest BCUT2D eigenvalue weighted by Crippen LogP contribution is 2.09. The molecule has 0 fully saturated rings. The largest absolute Gasteiger partial charge is 0.310 e. The lowest BCUT2D eigenvalue weighted by molar-refractivity contribution is 0.389. The van der Waals surface area contributed by atoms with Crippen LogP contribution in [-0.2, 0) is 6.54 Å². The average molecular weight is 205 g/mol. The zero-order chi connectivity index (χ0) is 11.3. The van der Waals surface area contributed by atoms with Gasteiger partial charge in [-0.05, 0) is 25.3 Å². The van der Waals surface area contributed by atoms with E-state index >= 15 is 0 Å². The first kappa shape index (κ1) is 12.3. The fraction of sp³-hybridized carbons (Fsp3) is 0.571. The summed E-state index contributed by atoms with van der Waals surface area (Å²) in [7, 11) is 0. The van der Waals surface area contributed by atoms with Crippen molar-refractivity contribution >= 4 is 0 Å². The van der Waals surface area contributed by atoms with E-state index in [0.717, 1.165) is 12.5 Å². The maximum atomic E-state index is 3.58.